The SMILES string of the molecule is Cc1sc2c(c1C)C(c1ccc(C=CCCNO)cc1)=N[C@H](CC(=O)OC(C)(C)C)c1nnc(C)n1-2. The average Bonchev–Trinajstić information content (AvgIpc) is 3.28. The summed E-state index contributed by atoms with van der Waals surface area (Å²) in [6.45, 7) is 12.2. The zero-order valence-electron chi connectivity index (χ0n) is 21.6. The molecule has 9 heteroatoms. The first-order valence-corrected chi connectivity index (χ1v) is 12.9. The molecule has 36 heavy (non-hydrogen) atoms. The second-order valence-electron chi connectivity index (χ2n) is 9.91. The minimum Gasteiger partial charge on any atom is -0.460 e. The van der Waals surface area contributed by atoms with Gasteiger partial charge in [-0.05, 0) is 59.1 Å². The largest absolute Gasteiger partial charge is 0.460 e. The lowest BCUT2D eigenvalue weighted by molar-refractivity contribution is -0.155. The van der Waals surface area contributed by atoms with Gasteiger partial charge in [-0.25, -0.2) is 5.48 Å². The van der Waals surface area contributed by atoms with Gasteiger partial charge in [0.25, 0.3) is 0 Å². The van der Waals surface area contributed by atoms with E-state index in [4.69, 9.17) is 14.9 Å². The second kappa shape index (κ2) is 10.5. The van der Waals surface area contributed by atoms with Crippen LogP contribution in [0.2, 0.25) is 0 Å². The quantitative estimate of drug-likeness (QED) is 0.257. The molecule has 3 heterocycles. The molecular weight excluding hydrogens is 474 g/mol. The summed E-state index contributed by atoms with van der Waals surface area (Å²) in [5, 5.41) is 18.5. The molecule has 0 amide bonds. The van der Waals surface area contributed by atoms with E-state index in [1.54, 1.807) is 11.3 Å². The van der Waals surface area contributed by atoms with Crippen molar-refractivity contribution in [1.29, 1.82) is 0 Å². The van der Waals surface area contributed by atoms with Crippen LogP contribution in [0.5, 0.6) is 0 Å². The fourth-order valence-corrected chi connectivity index (χ4v) is 5.40. The van der Waals surface area contributed by atoms with Gasteiger partial charge in [0.15, 0.2) is 5.82 Å². The van der Waals surface area contributed by atoms with Gasteiger partial charge in [0.2, 0.25) is 0 Å². The van der Waals surface area contributed by atoms with Crippen molar-refractivity contribution < 1.29 is 14.7 Å². The number of hydrogen-bond acceptors (Lipinski definition) is 8. The molecule has 4 rings (SSSR count). The number of carbonyl (C=O) groups excluding carboxylic acids is 1. The number of nitrogens with one attached hydrogen (secondary N) is 1. The van der Waals surface area contributed by atoms with Crippen molar-refractivity contribution in [2.24, 2.45) is 4.99 Å². The van der Waals surface area contributed by atoms with Gasteiger partial charge in [0.1, 0.15) is 22.5 Å². The zero-order chi connectivity index (χ0) is 26.0. The number of ether oxygens (including phenoxy) is 1. The molecule has 0 radical (unpaired) electrons. The number of hydroxylamine groups is 1. The van der Waals surface area contributed by atoms with Crippen LogP contribution in [0.15, 0.2) is 35.3 Å². The minimum absolute atomic E-state index is 0.0750. The zero-order valence-corrected chi connectivity index (χ0v) is 22.4. The molecule has 1 aromatic carbocycles. The van der Waals surface area contributed by atoms with Crippen LogP contribution in [-0.2, 0) is 9.53 Å². The monoisotopic (exact) mass is 507 g/mol. The molecule has 0 aliphatic carbocycles. The van der Waals surface area contributed by atoms with Crippen LogP contribution in [0.3, 0.4) is 0 Å². The molecule has 1 aliphatic heterocycles. The third-order valence-corrected chi connectivity index (χ3v) is 7.13. The predicted molar refractivity (Wildman–Crippen MR) is 142 cm³/mol. The van der Waals surface area contributed by atoms with Crippen LogP contribution in [0.1, 0.15) is 78.4 Å². The van der Waals surface area contributed by atoms with E-state index in [0.29, 0.717) is 12.4 Å². The lowest BCUT2D eigenvalue weighted by atomic mass is 9.98. The number of hydrogen-bond donors (Lipinski definition) is 2. The van der Waals surface area contributed by atoms with E-state index < -0.39 is 11.6 Å². The Morgan fingerprint density at radius 3 is 2.58 bits per heavy atom. The summed E-state index contributed by atoms with van der Waals surface area (Å²) in [5.41, 5.74) is 6.65. The van der Waals surface area contributed by atoms with Gasteiger partial charge in [-0.1, -0.05) is 36.4 Å². The summed E-state index contributed by atoms with van der Waals surface area (Å²) in [6.07, 6.45) is 4.84. The summed E-state index contributed by atoms with van der Waals surface area (Å²) < 4.78 is 7.66. The Morgan fingerprint density at radius 2 is 1.92 bits per heavy atom. The number of nitrogens with zero attached hydrogens (tertiary/aromatic N) is 4. The minimum atomic E-state index is -0.583. The summed E-state index contributed by atoms with van der Waals surface area (Å²) in [5.74, 6) is 1.09. The Labute approximate surface area is 215 Å². The Bertz CT molecular complexity index is 1310. The lowest BCUT2D eigenvalue weighted by Gasteiger charge is -2.21. The first kappa shape index (κ1) is 25.9. The standard InChI is InChI=1S/C27H33N5O3S/c1-16-17(2)36-26-23(16)24(20-12-10-19(11-13-20)9-7-8-14-28-34)29-21(15-22(33)35-27(4,5)6)25-31-30-18(3)32(25)26/h7,9-13,21,28,34H,8,14-15H2,1-6H3/t21-/m1/s1. The average molecular weight is 508 g/mol. The van der Waals surface area contributed by atoms with Gasteiger partial charge >= 0.3 is 5.97 Å². The predicted octanol–water partition coefficient (Wildman–Crippen LogP) is 5.26. The van der Waals surface area contributed by atoms with Crippen molar-refractivity contribution >= 4 is 29.1 Å². The van der Waals surface area contributed by atoms with Crippen LogP contribution in [0.25, 0.3) is 11.1 Å². The lowest BCUT2D eigenvalue weighted by Crippen LogP contribution is -2.25. The Hall–Kier alpha value is -3.14. The molecule has 0 saturated heterocycles. The van der Waals surface area contributed by atoms with Crippen molar-refractivity contribution in [3.05, 3.63) is 69.1 Å². The van der Waals surface area contributed by atoms with Crippen molar-refractivity contribution in [2.45, 2.75) is 66.0 Å². The molecular formula is C27H33N5O3S. The molecule has 0 unspecified atom stereocenters. The second-order valence-corrected chi connectivity index (χ2v) is 11.1. The van der Waals surface area contributed by atoms with Crippen LogP contribution < -0.4 is 5.48 Å². The van der Waals surface area contributed by atoms with Gasteiger partial charge < -0.3 is 9.94 Å². The van der Waals surface area contributed by atoms with Gasteiger partial charge in [0.05, 0.1) is 12.1 Å². The number of aromatic nitrogens is 3. The van der Waals surface area contributed by atoms with Crippen LogP contribution in [0, 0.1) is 20.8 Å². The molecule has 2 N–H and O–H groups in total. The Kier molecular flexibility index (Phi) is 7.54. The van der Waals surface area contributed by atoms with Crippen LogP contribution in [-0.4, -0.2) is 43.8 Å². The van der Waals surface area contributed by atoms with E-state index in [0.717, 1.165) is 45.2 Å². The van der Waals surface area contributed by atoms with Gasteiger partial charge in [-0.2, -0.15) is 0 Å². The molecule has 0 saturated carbocycles. The number of aryl methyl sites for hydroxylation is 2. The third-order valence-electron chi connectivity index (χ3n) is 5.94. The number of rotatable bonds is 7. The van der Waals surface area contributed by atoms with Crippen molar-refractivity contribution in [3.8, 4) is 5.00 Å². The van der Waals surface area contributed by atoms with Gasteiger partial charge in [-0.3, -0.25) is 14.4 Å². The number of benzene rings is 1. The van der Waals surface area contributed by atoms with Gasteiger partial charge in [-0.15, -0.1) is 21.5 Å². The number of aliphatic imine (C=N–C) groups is 1. The fraction of sp³-hybridized carbons (Fsp3) is 0.407. The maximum atomic E-state index is 12.8. The highest BCUT2D eigenvalue weighted by Crippen LogP contribution is 2.39. The number of carbonyl (C=O) groups is 1. The highest BCUT2D eigenvalue weighted by atomic mass is 32.1. The summed E-state index contributed by atoms with van der Waals surface area (Å²) >= 11 is 1.69. The van der Waals surface area contributed by atoms with E-state index in [9.17, 15) is 4.79 Å². The van der Waals surface area contributed by atoms with Gasteiger partial charge in [0, 0.05) is 22.5 Å². The Balaban J connectivity index is 1.80. The fourth-order valence-electron chi connectivity index (χ4n) is 4.19. The van der Waals surface area contributed by atoms with Crippen molar-refractivity contribution in [1.82, 2.24) is 20.2 Å². The molecule has 2 aromatic heterocycles. The molecule has 0 spiro atoms. The third kappa shape index (κ3) is 5.48. The maximum Gasteiger partial charge on any atom is 0.308 e. The smallest absolute Gasteiger partial charge is 0.308 e. The normalized spacial score (nSPS) is 15.4. The van der Waals surface area contributed by atoms with Crippen LogP contribution >= 0.6 is 11.3 Å². The van der Waals surface area contributed by atoms with E-state index in [-0.39, 0.29) is 12.4 Å². The van der Waals surface area contributed by atoms with Crippen molar-refractivity contribution in [2.75, 3.05) is 6.54 Å². The van der Waals surface area contributed by atoms with E-state index in [1.165, 1.54) is 4.88 Å². The maximum absolute atomic E-state index is 12.8. The molecule has 0 fully saturated rings. The molecule has 1 atom stereocenters. The highest BCUT2D eigenvalue weighted by Gasteiger charge is 2.33. The topological polar surface area (TPSA) is 102 Å². The summed E-state index contributed by atoms with van der Waals surface area (Å²) in [7, 11) is 0. The Morgan fingerprint density at radius 1 is 1.19 bits per heavy atom. The highest BCUT2D eigenvalue weighted by molar-refractivity contribution is 7.15. The van der Waals surface area contributed by atoms with E-state index in [2.05, 4.69) is 41.7 Å². The molecule has 1 aliphatic rings. The number of esters is 1. The molecule has 8 nitrogen and oxygen atoms in total. The number of thiophene rings is 1. The van der Waals surface area contributed by atoms with E-state index >= 15 is 0 Å². The first-order valence-electron chi connectivity index (χ1n) is 12.0. The van der Waals surface area contributed by atoms with Crippen molar-refractivity contribution in [3.63, 3.8) is 0 Å². The summed E-state index contributed by atoms with van der Waals surface area (Å²) in [4.78, 5) is 19.2. The molecule has 0 bridgehead atoms. The number of fused-ring (bicyclic) bond motifs is 3. The van der Waals surface area contributed by atoms with Crippen LogP contribution in [0.4, 0.5) is 0 Å². The molecule has 190 valence electrons. The van der Waals surface area contributed by atoms with E-state index in [1.807, 2.05) is 56.5 Å². The first-order chi connectivity index (χ1) is 17.1. The molecule has 3 aromatic rings. The summed E-state index contributed by atoms with van der Waals surface area (Å²) in [6, 6.07) is 7.69.